The summed E-state index contributed by atoms with van der Waals surface area (Å²) < 4.78 is 0. The Labute approximate surface area is 151 Å². The van der Waals surface area contributed by atoms with Crippen molar-refractivity contribution in [2.24, 2.45) is 0 Å². The van der Waals surface area contributed by atoms with Gasteiger partial charge in [-0.15, -0.1) is 0 Å². The minimum atomic E-state index is -0.203. The summed E-state index contributed by atoms with van der Waals surface area (Å²) in [5, 5.41) is 3.77. The zero-order chi connectivity index (χ0) is 17.8. The lowest BCUT2D eigenvalue weighted by Crippen LogP contribution is -2.27. The lowest BCUT2D eigenvalue weighted by Gasteiger charge is -2.17. The summed E-state index contributed by atoms with van der Waals surface area (Å²) in [7, 11) is 1.72. The molecule has 3 aromatic rings. The van der Waals surface area contributed by atoms with Crippen molar-refractivity contribution in [1.82, 2.24) is 9.97 Å². The molecule has 1 N–H and O–H groups in total. The van der Waals surface area contributed by atoms with Gasteiger partial charge in [0, 0.05) is 29.5 Å². The van der Waals surface area contributed by atoms with Crippen LogP contribution in [0.4, 0.5) is 17.2 Å². The van der Waals surface area contributed by atoms with Crippen LogP contribution in [0, 0.1) is 6.92 Å². The molecule has 25 heavy (non-hydrogen) atoms. The van der Waals surface area contributed by atoms with Gasteiger partial charge in [-0.2, -0.15) is 0 Å². The monoisotopic (exact) mass is 352 g/mol. The molecule has 0 saturated heterocycles. The second-order valence-electron chi connectivity index (χ2n) is 5.52. The Kier molecular flexibility index (Phi) is 4.95. The molecule has 0 unspecified atom stereocenters. The van der Waals surface area contributed by atoms with E-state index in [-0.39, 0.29) is 5.91 Å². The zero-order valence-electron chi connectivity index (χ0n) is 13.9. The number of halogens is 1. The summed E-state index contributed by atoms with van der Waals surface area (Å²) >= 11 is 6.00. The number of aromatic nitrogens is 2. The number of hydrogen-bond acceptors (Lipinski definition) is 4. The van der Waals surface area contributed by atoms with Crippen LogP contribution in [-0.2, 0) is 0 Å². The van der Waals surface area contributed by atoms with Crippen molar-refractivity contribution in [2.45, 2.75) is 6.92 Å². The molecule has 5 nitrogen and oxygen atoms in total. The van der Waals surface area contributed by atoms with Gasteiger partial charge in [-0.05, 0) is 37.3 Å². The molecule has 6 heteroatoms. The van der Waals surface area contributed by atoms with E-state index in [1.165, 1.54) is 0 Å². The maximum Gasteiger partial charge on any atom is 0.276 e. The van der Waals surface area contributed by atoms with Crippen molar-refractivity contribution in [1.29, 1.82) is 0 Å². The van der Waals surface area contributed by atoms with Crippen molar-refractivity contribution < 1.29 is 4.79 Å². The molecule has 0 radical (unpaired) electrons. The number of nitrogens with zero attached hydrogens (tertiary/aromatic N) is 3. The van der Waals surface area contributed by atoms with Gasteiger partial charge in [-0.1, -0.05) is 35.9 Å². The van der Waals surface area contributed by atoms with E-state index < -0.39 is 0 Å². The van der Waals surface area contributed by atoms with Crippen molar-refractivity contribution in [3.63, 3.8) is 0 Å². The number of carbonyl (C=O) groups is 1. The molecule has 0 aliphatic heterocycles. The Morgan fingerprint density at radius 3 is 2.52 bits per heavy atom. The number of aryl methyl sites for hydroxylation is 1. The molecule has 0 saturated carbocycles. The molecule has 1 heterocycles. The smallest absolute Gasteiger partial charge is 0.276 e. The number of amides is 1. The lowest BCUT2D eigenvalue weighted by molar-refractivity contribution is 0.0988. The van der Waals surface area contributed by atoms with Crippen molar-refractivity contribution in [2.75, 3.05) is 17.3 Å². The molecule has 0 spiro atoms. The fourth-order valence-corrected chi connectivity index (χ4v) is 2.59. The average Bonchev–Trinajstić information content (AvgIpc) is 2.60. The molecule has 0 bridgehead atoms. The molecular weight excluding hydrogens is 336 g/mol. The first kappa shape index (κ1) is 16.9. The van der Waals surface area contributed by atoms with E-state index in [9.17, 15) is 4.79 Å². The van der Waals surface area contributed by atoms with Gasteiger partial charge < -0.3 is 10.2 Å². The van der Waals surface area contributed by atoms with Gasteiger partial charge in [0.25, 0.3) is 5.91 Å². The number of para-hydroxylation sites is 1. The quantitative estimate of drug-likeness (QED) is 0.753. The van der Waals surface area contributed by atoms with Crippen molar-refractivity contribution in [3.05, 3.63) is 77.2 Å². The van der Waals surface area contributed by atoms with E-state index in [1.54, 1.807) is 37.1 Å². The van der Waals surface area contributed by atoms with Crippen LogP contribution >= 0.6 is 11.6 Å². The second-order valence-corrected chi connectivity index (χ2v) is 5.96. The van der Waals surface area contributed by atoms with Crippen molar-refractivity contribution in [3.8, 4) is 0 Å². The minimum Gasteiger partial charge on any atom is -0.340 e. The molecule has 0 aliphatic carbocycles. The maximum atomic E-state index is 12.7. The Morgan fingerprint density at radius 2 is 1.80 bits per heavy atom. The number of anilines is 3. The van der Waals surface area contributed by atoms with E-state index in [1.807, 2.05) is 42.5 Å². The highest BCUT2D eigenvalue weighted by atomic mass is 35.5. The van der Waals surface area contributed by atoms with Gasteiger partial charge in [0.05, 0.1) is 0 Å². The Hall–Kier alpha value is -2.92. The summed E-state index contributed by atoms with van der Waals surface area (Å²) in [4.78, 5) is 22.9. The summed E-state index contributed by atoms with van der Waals surface area (Å²) in [6.07, 6.45) is 0. The summed E-state index contributed by atoms with van der Waals surface area (Å²) in [6.45, 7) is 1.75. The third-order valence-electron chi connectivity index (χ3n) is 3.60. The average molecular weight is 353 g/mol. The number of carbonyl (C=O) groups excluding carboxylic acids is 1. The fraction of sp³-hybridized carbons (Fsp3) is 0.105. The first-order chi connectivity index (χ1) is 12.0. The SMILES string of the molecule is Cc1nc(Nc2cccc(Cl)c2)cc(C(=O)N(C)c2ccccc2)n1. The molecule has 1 amide bonds. The zero-order valence-corrected chi connectivity index (χ0v) is 14.7. The fourth-order valence-electron chi connectivity index (χ4n) is 2.40. The Balaban J connectivity index is 1.87. The number of benzene rings is 2. The summed E-state index contributed by atoms with van der Waals surface area (Å²) in [6, 6.07) is 18.4. The number of hydrogen-bond donors (Lipinski definition) is 1. The Bertz CT molecular complexity index is 899. The first-order valence-corrected chi connectivity index (χ1v) is 8.12. The molecular formula is C19H17ClN4O. The standard InChI is InChI=1S/C19H17ClN4O/c1-13-21-17(19(25)24(2)16-9-4-3-5-10-16)12-18(22-13)23-15-8-6-7-14(20)11-15/h3-12H,1-2H3,(H,21,22,23). The highest BCUT2D eigenvalue weighted by Crippen LogP contribution is 2.20. The van der Waals surface area contributed by atoms with Crippen LogP contribution in [0.15, 0.2) is 60.7 Å². The van der Waals surface area contributed by atoms with Gasteiger partial charge in [-0.3, -0.25) is 4.79 Å². The van der Waals surface area contributed by atoms with Crippen molar-refractivity contribution >= 4 is 34.7 Å². The molecule has 0 aliphatic rings. The molecule has 1 aromatic heterocycles. The van der Waals surface area contributed by atoms with Crippen LogP contribution in [0.2, 0.25) is 5.02 Å². The van der Waals surface area contributed by atoms with Gasteiger partial charge in [0.15, 0.2) is 0 Å². The van der Waals surface area contributed by atoms with E-state index >= 15 is 0 Å². The Morgan fingerprint density at radius 1 is 1.04 bits per heavy atom. The third kappa shape index (κ3) is 4.14. The van der Waals surface area contributed by atoms with Gasteiger partial charge in [0.2, 0.25) is 0 Å². The third-order valence-corrected chi connectivity index (χ3v) is 3.84. The van der Waals surface area contributed by atoms with Crippen LogP contribution in [0.25, 0.3) is 0 Å². The predicted molar refractivity (Wildman–Crippen MR) is 101 cm³/mol. The molecule has 0 fully saturated rings. The molecule has 2 aromatic carbocycles. The van der Waals surface area contributed by atoms with Gasteiger partial charge in [-0.25, -0.2) is 9.97 Å². The molecule has 3 rings (SSSR count). The predicted octanol–water partition coefficient (Wildman–Crippen LogP) is 4.46. The second kappa shape index (κ2) is 7.32. The van der Waals surface area contributed by atoms with Crippen LogP contribution in [0.1, 0.15) is 16.3 Å². The van der Waals surface area contributed by atoms with E-state index in [0.29, 0.717) is 22.4 Å². The number of nitrogens with one attached hydrogen (secondary N) is 1. The highest BCUT2D eigenvalue weighted by Gasteiger charge is 2.16. The van der Waals surface area contributed by atoms with E-state index in [2.05, 4.69) is 15.3 Å². The van der Waals surface area contributed by atoms with E-state index in [0.717, 1.165) is 11.4 Å². The van der Waals surface area contributed by atoms with Crippen LogP contribution in [-0.4, -0.2) is 22.9 Å². The lowest BCUT2D eigenvalue weighted by atomic mass is 10.2. The van der Waals surface area contributed by atoms with Crippen LogP contribution in [0.5, 0.6) is 0 Å². The number of rotatable bonds is 4. The minimum absolute atomic E-state index is 0.203. The van der Waals surface area contributed by atoms with Gasteiger partial charge in [0.1, 0.15) is 17.3 Å². The largest absolute Gasteiger partial charge is 0.340 e. The van der Waals surface area contributed by atoms with Crippen LogP contribution < -0.4 is 10.2 Å². The summed E-state index contributed by atoms with van der Waals surface area (Å²) in [5.41, 5.74) is 1.91. The maximum absolute atomic E-state index is 12.7. The topological polar surface area (TPSA) is 58.1 Å². The summed E-state index contributed by atoms with van der Waals surface area (Å²) in [5.74, 6) is 0.849. The van der Waals surface area contributed by atoms with Gasteiger partial charge >= 0.3 is 0 Å². The molecule has 0 atom stereocenters. The highest BCUT2D eigenvalue weighted by molar-refractivity contribution is 6.30. The normalized spacial score (nSPS) is 10.4. The molecule has 126 valence electrons. The first-order valence-electron chi connectivity index (χ1n) is 7.74. The van der Waals surface area contributed by atoms with E-state index in [4.69, 9.17) is 11.6 Å². The van der Waals surface area contributed by atoms with Crippen LogP contribution in [0.3, 0.4) is 0 Å².